The number of aryl methyl sites for hydroxylation is 2. The zero-order chi connectivity index (χ0) is 17.8. The largest absolute Gasteiger partial charge is 0.265 e. The minimum atomic E-state index is 0.733. The van der Waals surface area contributed by atoms with Gasteiger partial charge in [-0.3, -0.25) is 9.98 Å². The molecule has 0 radical (unpaired) electrons. The average Bonchev–Trinajstić information content (AvgIpc) is 3.01. The Kier molecular flexibility index (Phi) is 5.24. The normalized spacial score (nSPS) is 12.6. The highest BCUT2D eigenvalue weighted by Crippen LogP contribution is 2.23. The van der Waals surface area contributed by atoms with Crippen molar-refractivity contribution in [2.24, 2.45) is 10.1 Å². The van der Waals surface area contributed by atoms with Crippen LogP contribution in [-0.4, -0.2) is 21.9 Å². The molecule has 0 amide bonds. The smallest absolute Gasteiger partial charge is 0.206 e. The zero-order valence-electron chi connectivity index (χ0n) is 15.0. The molecule has 2 aromatic heterocycles. The Balaban J connectivity index is 2.16. The lowest BCUT2D eigenvalue weighted by atomic mass is 10.1. The second-order valence-electron chi connectivity index (χ2n) is 5.91. The minimum absolute atomic E-state index is 0.733. The topological polar surface area (TPSA) is 42.5 Å². The Bertz CT molecular complexity index is 965. The molecule has 3 rings (SSSR count). The SMILES string of the molecule is CCN=c1scc(-c2ccc(C)c(C)c2)n1N=C(C)c1ccncc1. The van der Waals surface area contributed by atoms with Gasteiger partial charge in [0.15, 0.2) is 0 Å². The van der Waals surface area contributed by atoms with Crippen LogP contribution in [0.2, 0.25) is 0 Å². The monoisotopic (exact) mass is 350 g/mol. The van der Waals surface area contributed by atoms with E-state index in [0.717, 1.165) is 33.9 Å². The molecule has 1 aromatic carbocycles. The summed E-state index contributed by atoms with van der Waals surface area (Å²) in [6, 6.07) is 10.5. The number of aromatic nitrogens is 2. The molecule has 25 heavy (non-hydrogen) atoms. The average molecular weight is 350 g/mol. The van der Waals surface area contributed by atoms with Gasteiger partial charge in [0, 0.05) is 35.4 Å². The van der Waals surface area contributed by atoms with Crippen molar-refractivity contribution in [1.29, 1.82) is 0 Å². The molecule has 0 aliphatic rings. The molecule has 3 aromatic rings. The summed E-state index contributed by atoms with van der Waals surface area (Å²) in [5.41, 5.74) is 6.78. The van der Waals surface area contributed by atoms with E-state index in [0.29, 0.717) is 0 Å². The summed E-state index contributed by atoms with van der Waals surface area (Å²) in [6.45, 7) is 9.05. The molecule has 2 heterocycles. The lowest BCUT2D eigenvalue weighted by Crippen LogP contribution is -2.14. The third kappa shape index (κ3) is 3.77. The molecule has 5 heteroatoms. The van der Waals surface area contributed by atoms with Crippen LogP contribution in [0.25, 0.3) is 11.3 Å². The predicted molar refractivity (Wildman–Crippen MR) is 105 cm³/mol. The van der Waals surface area contributed by atoms with Crippen molar-refractivity contribution in [3.8, 4) is 11.3 Å². The molecular weight excluding hydrogens is 328 g/mol. The van der Waals surface area contributed by atoms with Gasteiger partial charge in [0.1, 0.15) is 0 Å². The summed E-state index contributed by atoms with van der Waals surface area (Å²) in [6.07, 6.45) is 3.57. The van der Waals surface area contributed by atoms with E-state index >= 15 is 0 Å². The number of benzene rings is 1. The fraction of sp³-hybridized carbons (Fsp3) is 0.250. The van der Waals surface area contributed by atoms with Gasteiger partial charge >= 0.3 is 0 Å². The maximum atomic E-state index is 4.86. The Morgan fingerprint density at radius 1 is 1.12 bits per heavy atom. The van der Waals surface area contributed by atoms with E-state index in [1.54, 1.807) is 23.7 Å². The van der Waals surface area contributed by atoms with Gasteiger partial charge in [-0.1, -0.05) is 12.1 Å². The first-order chi connectivity index (χ1) is 12.1. The number of pyridine rings is 1. The molecule has 0 aliphatic heterocycles. The molecule has 0 bridgehead atoms. The lowest BCUT2D eigenvalue weighted by molar-refractivity contribution is 0.827. The maximum Gasteiger partial charge on any atom is 0.206 e. The Morgan fingerprint density at radius 3 is 2.56 bits per heavy atom. The highest BCUT2D eigenvalue weighted by atomic mass is 32.1. The third-order valence-corrected chi connectivity index (χ3v) is 4.98. The van der Waals surface area contributed by atoms with E-state index in [4.69, 9.17) is 5.10 Å². The number of hydrogen-bond acceptors (Lipinski definition) is 4. The van der Waals surface area contributed by atoms with Gasteiger partial charge in [-0.2, -0.15) is 5.10 Å². The molecular formula is C20H22N4S. The molecule has 0 fully saturated rings. The van der Waals surface area contributed by atoms with Crippen LogP contribution in [0.1, 0.15) is 30.5 Å². The van der Waals surface area contributed by atoms with Gasteiger partial charge in [-0.05, 0) is 57.0 Å². The Hall–Kier alpha value is -2.53. The first kappa shape index (κ1) is 17.3. The Labute approximate surface area is 152 Å². The second-order valence-corrected chi connectivity index (χ2v) is 6.75. The first-order valence-corrected chi connectivity index (χ1v) is 9.22. The van der Waals surface area contributed by atoms with Gasteiger partial charge in [0.2, 0.25) is 4.80 Å². The van der Waals surface area contributed by atoms with Gasteiger partial charge in [-0.25, -0.2) is 4.68 Å². The van der Waals surface area contributed by atoms with Crippen LogP contribution >= 0.6 is 11.3 Å². The van der Waals surface area contributed by atoms with Crippen molar-refractivity contribution in [2.75, 3.05) is 6.54 Å². The van der Waals surface area contributed by atoms with E-state index in [9.17, 15) is 0 Å². The zero-order valence-corrected chi connectivity index (χ0v) is 15.8. The molecule has 0 aliphatic carbocycles. The summed E-state index contributed by atoms with van der Waals surface area (Å²) in [4.78, 5) is 9.58. The maximum absolute atomic E-state index is 4.86. The number of nitrogens with zero attached hydrogens (tertiary/aromatic N) is 4. The predicted octanol–water partition coefficient (Wildman–Crippen LogP) is 4.42. The molecule has 0 saturated heterocycles. The quantitative estimate of drug-likeness (QED) is 0.642. The van der Waals surface area contributed by atoms with E-state index in [1.807, 2.05) is 30.7 Å². The van der Waals surface area contributed by atoms with E-state index < -0.39 is 0 Å². The summed E-state index contributed by atoms with van der Waals surface area (Å²) < 4.78 is 1.95. The number of rotatable bonds is 4. The number of hydrogen-bond donors (Lipinski definition) is 0. The third-order valence-electron chi connectivity index (χ3n) is 4.13. The van der Waals surface area contributed by atoms with Gasteiger partial charge < -0.3 is 0 Å². The van der Waals surface area contributed by atoms with Crippen molar-refractivity contribution in [3.05, 3.63) is 69.6 Å². The molecule has 128 valence electrons. The lowest BCUT2D eigenvalue weighted by Gasteiger charge is -2.08. The molecule has 0 saturated carbocycles. The fourth-order valence-corrected chi connectivity index (χ4v) is 3.44. The summed E-state index contributed by atoms with van der Waals surface area (Å²) in [7, 11) is 0. The van der Waals surface area contributed by atoms with Gasteiger partial charge in [0.05, 0.1) is 11.4 Å². The van der Waals surface area contributed by atoms with Gasteiger partial charge in [-0.15, -0.1) is 11.3 Å². The second kappa shape index (κ2) is 7.57. The standard InChI is InChI=1S/C20H22N4S/c1-5-22-20-24(23-16(4)17-8-10-21-11-9-17)19(13-25-20)18-7-6-14(2)15(3)12-18/h6-13H,5H2,1-4H3. The van der Waals surface area contributed by atoms with Crippen LogP contribution in [0, 0.1) is 13.8 Å². The van der Waals surface area contributed by atoms with Crippen LogP contribution in [0.5, 0.6) is 0 Å². The first-order valence-electron chi connectivity index (χ1n) is 8.34. The molecule has 0 atom stereocenters. The van der Waals surface area contributed by atoms with Crippen LogP contribution in [0.4, 0.5) is 0 Å². The molecule has 4 nitrogen and oxygen atoms in total. The van der Waals surface area contributed by atoms with Crippen molar-refractivity contribution in [1.82, 2.24) is 9.66 Å². The van der Waals surface area contributed by atoms with Crippen molar-refractivity contribution in [2.45, 2.75) is 27.7 Å². The van der Waals surface area contributed by atoms with E-state index in [2.05, 4.69) is 47.4 Å². The van der Waals surface area contributed by atoms with E-state index in [-0.39, 0.29) is 0 Å². The number of thiazole rings is 1. The Morgan fingerprint density at radius 2 is 1.88 bits per heavy atom. The summed E-state index contributed by atoms with van der Waals surface area (Å²) in [5, 5.41) is 6.99. The summed E-state index contributed by atoms with van der Waals surface area (Å²) in [5.74, 6) is 0. The van der Waals surface area contributed by atoms with Crippen molar-refractivity contribution < 1.29 is 0 Å². The van der Waals surface area contributed by atoms with Crippen LogP contribution in [0.15, 0.2) is 58.2 Å². The molecule has 0 spiro atoms. The van der Waals surface area contributed by atoms with Crippen LogP contribution < -0.4 is 4.80 Å². The van der Waals surface area contributed by atoms with Crippen LogP contribution in [-0.2, 0) is 0 Å². The van der Waals surface area contributed by atoms with Crippen molar-refractivity contribution in [3.63, 3.8) is 0 Å². The highest BCUT2D eigenvalue weighted by molar-refractivity contribution is 7.07. The highest BCUT2D eigenvalue weighted by Gasteiger charge is 2.09. The fourth-order valence-electron chi connectivity index (χ4n) is 2.54. The van der Waals surface area contributed by atoms with Crippen molar-refractivity contribution >= 4 is 17.0 Å². The molecule has 0 unspecified atom stereocenters. The van der Waals surface area contributed by atoms with E-state index in [1.165, 1.54) is 11.1 Å². The van der Waals surface area contributed by atoms with Gasteiger partial charge in [0.25, 0.3) is 0 Å². The molecule has 0 N–H and O–H groups in total. The summed E-state index contributed by atoms with van der Waals surface area (Å²) >= 11 is 1.62. The van der Waals surface area contributed by atoms with Crippen LogP contribution in [0.3, 0.4) is 0 Å². The minimum Gasteiger partial charge on any atom is -0.265 e.